The minimum atomic E-state index is -1.25. The lowest BCUT2D eigenvalue weighted by molar-refractivity contribution is -0.136. The lowest BCUT2D eigenvalue weighted by atomic mass is 9.85. The number of carbonyl (C=O) groups excluding carboxylic acids is 1. The van der Waals surface area contributed by atoms with Crippen LogP contribution in [-0.4, -0.2) is 16.6 Å². The Labute approximate surface area is 84.6 Å². The third kappa shape index (κ3) is 1.25. The molecule has 1 aliphatic carbocycles. The van der Waals surface area contributed by atoms with Crippen molar-refractivity contribution in [2.75, 3.05) is 0 Å². The van der Waals surface area contributed by atoms with Crippen LogP contribution < -0.4 is 5.32 Å². The van der Waals surface area contributed by atoms with E-state index in [1.165, 1.54) is 0 Å². The predicted octanol–water partition coefficient (Wildman–Crippen LogP) is 1.05. The van der Waals surface area contributed by atoms with E-state index in [9.17, 15) is 9.90 Å². The number of rotatable bonds is 0. The van der Waals surface area contributed by atoms with Crippen LogP contribution in [0.4, 0.5) is 0 Å². The Bertz CT molecular complexity index is 331. The normalized spacial score (nSPS) is 37.8. The molecule has 2 unspecified atom stereocenters. The summed E-state index contributed by atoms with van der Waals surface area (Å²) in [5.41, 5.74) is -0.444. The number of fused-ring (bicyclic) bond motifs is 1. The number of nitrogens with one attached hydrogen (secondary N) is 1. The Balaban J connectivity index is 2.38. The van der Waals surface area contributed by atoms with Crippen molar-refractivity contribution in [1.29, 1.82) is 0 Å². The summed E-state index contributed by atoms with van der Waals surface area (Å²) < 4.78 is 0.955. The van der Waals surface area contributed by atoms with Crippen LogP contribution in [0.2, 0.25) is 0 Å². The fourth-order valence-electron chi connectivity index (χ4n) is 1.74. The molecule has 1 amide bonds. The van der Waals surface area contributed by atoms with Crippen molar-refractivity contribution in [3.63, 3.8) is 0 Å². The van der Waals surface area contributed by atoms with Gasteiger partial charge in [0.1, 0.15) is 5.60 Å². The molecule has 1 aliphatic heterocycles. The van der Waals surface area contributed by atoms with Crippen molar-refractivity contribution in [2.24, 2.45) is 5.92 Å². The SMILES string of the molecule is CC1(O)C(=O)NC2=CC(Br)=CCC21. The van der Waals surface area contributed by atoms with Gasteiger partial charge in [-0.1, -0.05) is 22.0 Å². The highest BCUT2D eigenvalue weighted by Crippen LogP contribution is 2.37. The first-order valence-corrected chi connectivity index (χ1v) is 4.92. The molecule has 0 saturated carbocycles. The predicted molar refractivity (Wildman–Crippen MR) is 52.0 cm³/mol. The van der Waals surface area contributed by atoms with Crippen molar-refractivity contribution in [2.45, 2.75) is 18.9 Å². The molecule has 1 saturated heterocycles. The molecule has 13 heavy (non-hydrogen) atoms. The van der Waals surface area contributed by atoms with Crippen molar-refractivity contribution >= 4 is 21.8 Å². The van der Waals surface area contributed by atoms with Gasteiger partial charge in [0.2, 0.25) is 0 Å². The molecule has 2 N–H and O–H groups in total. The molecule has 1 fully saturated rings. The molecule has 2 rings (SSSR count). The highest BCUT2D eigenvalue weighted by atomic mass is 79.9. The topological polar surface area (TPSA) is 49.3 Å². The molecule has 0 aromatic carbocycles. The molecule has 0 spiro atoms. The first-order valence-electron chi connectivity index (χ1n) is 4.13. The lowest BCUT2D eigenvalue weighted by Gasteiger charge is -2.23. The highest BCUT2D eigenvalue weighted by Gasteiger charge is 2.48. The van der Waals surface area contributed by atoms with E-state index >= 15 is 0 Å². The molecular weight excluding hydrogens is 234 g/mol. The first-order chi connectivity index (χ1) is 6.01. The van der Waals surface area contributed by atoms with Crippen molar-refractivity contribution in [3.8, 4) is 0 Å². The Morgan fingerprint density at radius 3 is 3.15 bits per heavy atom. The molecule has 0 bridgehead atoms. The maximum Gasteiger partial charge on any atom is 0.256 e. The van der Waals surface area contributed by atoms with Gasteiger partial charge in [-0.3, -0.25) is 4.79 Å². The number of amides is 1. The Morgan fingerprint density at radius 2 is 2.46 bits per heavy atom. The first kappa shape index (κ1) is 8.97. The smallest absolute Gasteiger partial charge is 0.256 e. The average molecular weight is 244 g/mol. The van der Waals surface area contributed by atoms with Crippen LogP contribution >= 0.6 is 15.9 Å². The van der Waals surface area contributed by atoms with Crippen LogP contribution in [0, 0.1) is 5.92 Å². The summed E-state index contributed by atoms with van der Waals surface area (Å²) in [5, 5.41) is 12.5. The van der Waals surface area contributed by atoms with Crippen molar-refractivity contribution < 1.29 is 9.90 Å². The molecule has 2 atom stereocenters. The lowest BCUT2D eigenvalue weighted by Crippen LogP contribution is -2.38. The van der Waals surface area contributed by atoms with Gasteiger partial charge in [0.25, 0.3) is 5.91 Å². The van der Waals surface area contributed by atoms with E-state index in [4.69, 9.17) is 0 Å². The monoisotopic (exact) mass is 243 g/mol. The fourth-order valence-corrected chi connectivity index (χ4v) is 2.17. The van der Waals surface area contributed by atoms with Crippen LogP contribution in [0.3, 0.4) is 0 Å². The van der Waals surface area contributed by atoms with Gasteiger partial charge in [0.05, 0.1) is 0 Å². The average Bonchev–Trinajstić information content (AvgIpc) is 2.23. The van der Waals surface area contributed by atoms with Gasteiger partial charge in [0.15, 0.2) is 0 Å². The molecular formula is C9H10BrNO2. The summed E-state index contributed by atoms with van der Waals surface area (Å²) in [6.07, 6.45) is 4.49. The van der Waals surface area contributed by atoms with Crippen LogP contribution in [0.1, 0.15) is 13.3 Å². The second-order valence-electron chi connectivity index (χ2n) is 3.58. The van der Waals surface area contributed by atoms with E-state index < -0.39 is 5.60 Å². The summed E-state index contributed by atoms with van der Waals surface area (Å²) in [5.74, 6) is -0.416. The number of halogens is 1. The van der Waals surface area contributed by atoms with Gasteiger partial charge >= 0.3 is 0 Å². The van der Waals surface area contributed by atoms with Crippen LogP contribution in [-0.2, 0) is 4.79 Å². The van der Waals surface area contributed by atoms with Gasteiger partial charge in [-0.25, -0.2) is 0 Å². The van der Waals surface area contributed by atoms with Gasteiger partial charge < -0.3 is 10.4 Å². The molecule has 1 heterocycles. The number of hydrogen-bond donors (Lipinski definition) is 2. The molecule has 2 aliphatic rings. The molecule has 0 aromatic heterocycles. The highest BCUT2D eigenvalue weighted by molar-refractivity contribution is 9.11. The molecule has 4 heteroatoms. The second-order valence-corrected chi connectivity index (χ2v) is 4.49. The maximum atomic E-state index is 11.3. The molecule has 70 valence electrons. The van der Waals surface area contributed by atoms with Gasteiger partial charge in [-0.15, -0.1) is 0 Å². The summed E-state index contributed by atoms with van der Waals surface area (Å²) >= 11 is 3.33. The standard InChI is InChI=1S/C9H10BrNO2/c1-9(13)6-3-2-5(10)4-7(6)11-8(9)12/h2,4,6,13H,3H2,1H3,(H,11,12). The summed E-state index contributed by atoms with van der Waals surface area (Å²) in [7, 11) is 0. The van der Waals surface area contributed by atoms with E-state index in [-0.39, 0.29) is 11.8 Å². The summed E-state index contributed by atoms with van der Waals surface area (Å²) in [4.78, 5) is 11.3. The van der Waals surface area contributed by atoms with Crippen molar-refractivity contribution in [3.05, 3.63) is 22.3 Å². The zero-order valence-corrected chi connectivity index (χ0v) is 8.76. The van der Waals surface area contributed by atoms with Gasteiger partial charge in [-0.05, 0) is 19.4 Å². The minimum Gasteiger partial charge on any atom is -0.380 e. The second kappa shape index (κ2) is 2.69. The van der Waals surface area contributed by atoms with Gasteiger partial charge in [0, 0.05) is 16.1 Å². The quantitative estimate of drug-likeness (QED) is 0.669. The van der Waals surface area contributed by atoms with Crippen LogP contribution in [0.5, 0.6) is 0 Å². The van der Waals surface area contributed by atoms with Crippen LogP contribution in [0.25, 0.3) is 0 Å². The Morgan fingerprint density at radius 1 is 1.77 bits per heavy atom. The van der Waals surface area contributed by atoms with E-state index in [0.717, 1.165) is 10.2 Å². The molecule has 3 nitrogen and oxygen atoms in total. The fraction of sp³-hybridized carbons (Fsp3) is 0.444. The molecule has 0 radical (unpaired) electrons. The summed E-state index contributed by atoms with van der Waals surface area (Å²) in [6.45, 7) is 1.56. The van der Waals surface area contributed by atoms with E-state index in [2.05, 4.69) is 21.2 Å². The Hall–Kier alpha value is -0.610. The van der Waals surface area contributed by atoms with Crippen LogP contribution in [0.15, 0.2) is 22.3 Å². The Kier molecular flexibility index (Phi) is 1.85. The number of aliphatic hydroxyl groups is 1. The van der Waals surface area contributed by atoms with E-state index in [1.54, 1.807) is 6.92 Å². The van der Waals surface area contributed by atoms with Gasteiger partial charge in [-0.2, -0.15) is 0 Å². The molecule has 0 aromatic rings. The summed E-state index contributed by atoms with van der Waals surface area (Å²) in [6, 6.07) is 0. The number of carbonyl (C=O) groups is 1. The van der Waals surface area contributed by atoms with E-state index in [1.807, 2.05) is 12.2 Å². The number of allylic oxidation sites excluding steroid dienone is 3. The number of hydrogen-bond acceptors (Lipinski definition) is 2. The third-order valence-electron chi connectivity index (χ3n) is 2.61. The van der Waals surface area contributed by atoms with E-state index in [0.29, 0.717) is 6.42 Å². The largest absolute Gasteiger partial charge is 0.380 e. The maximum absolute atomic E-state index is 11.3. The minimum absolute atomic E-state index is 0.110. The zero-order chi connectivity index (χ0) is 9.64. The third-order valence-corrected chi connectivity index (χ3v) is 3.17. The zero-order valence-electron chi connectivity index (χ0n) is 7.17. The van der Waals surface area contributed by atoms with Crippen molar-refractivity contribution in [1.82, 2.24) is 5.32 Å².